The third-order valence-corrected chi connectivity index (χ3v) is 4.06. The molecule has 0 aromatic heterocycles. The van der Waals surface area contributed by atoms with Crippen molar-refractivity contribution in [3.05, 3.63) is 35.4 Å². The monoisotopic (exact) mass is 339 g/mol. The molecule has 0 unspecified atom stereocenters. The second-order valence-corrected chi connectivity index (χ2v) is 6.22. The summed E-state index contributed by atoms with van der Waals surface area (Å²) in [5.41, 5.74) is 7.95. The summed E-state index contributed by atoms with van der Waals surface area (Å²) in [5, 5.41) is 2.85. The van der Waals surface area contributed by atoms with Crippen LogP contribution in [0.2, 0.25) is 0 Å². The van der Waals surface area contributed by atoms with E-state index < -0.39 is 6.04 Å². The zero-order valence-corrected chi connectivity index (χ0v) is 14.6. The highest BCUT2D eigenvalue weighted by atomic mass is 35.5. The lowest BCUT2D eigenvalue weighted by Crippen LogP contribution is -2.43. The lowest BCUT2D eigenvalue weighted by molar-refractivity contribution is -0.128. The number of hydrogen-bond donors (Lipinski definition) is 2. The number of nitrogens with one attached hydrogen (secondary N) is 1. The molecule has 1 aromatic rings. The smallest absolute Gasteiger partial charge is 0.237 e. The summed E-state index contributed by atoms with van der Waals surface area (Å²) in [6.07, 6.45) is 1.62. The van der Waals surface area contributed by atoms with E-state index >= 15 is 0 Å². The van der Waals surface area contributed by atoms with Crippen molar-refractivity contribution >= 4 is 24.2 Å². The van der Waals surface area contributed by atoms with Gasteiger partial charge in [-0.15, -0.1) is 12.4 Å². The van der Waals surface area contributed by atoms with Gasteiger partial charge in [-0.3, -0.25) is 9.59 Å². The first-order valence-electron chi connectivity index (χ1n) is 7.86. The van der Waals surface area contributed by atoms with Gasteiger partial charge in [-0.2, -0.15) is 0 Å². The van der Waals surface area contributed by atoms with Crippen molar-refractivity contribution in [2.45, 2.75) is 45.8 Å². The average molecular weight is 340 g/mol. The maximum absolute atomic E-state index is 11.8. The Morgan fingerprint density at radius 1 is 1.26 bits per heavy atom. The van der Waals surface area contributed by atoms with E-state index in [-0.39, 0.29) is 30.1 Å². The second kappa shape index (κ2) is 8.89. The van der Waals surface area contributed by atoms with Crippen LogP contribution in [0.5, 0.6) is 0 Å². The number of nitrogens with two attached hydrogens (primary N) is 1. The number of benzene rings is 1. The fraction of sp³-hybridized carbons (Fsp3) is 0.529. The van der Waals surface area contributed by atoms with Gasteiger partial charge in [-0.1, -0.05) is 38.1 Å². The molecule has 1 saturated heterocycles. The SMILES string of the molecule is CC(C)[C@H](N)C(=O)NCc1ccc(CN2CCCC2=O)cc1.Cl. The number of halogens is 1. The predicted molar refractivity (Wildman–Crippen MR) is 93.0 cm³/mol. The number of rotatable bonds is 6. The molecule has 0 saturated carbocycles. The van der Waals surface area contributed by atoms with Gasteiger partial charge in [0.1, 0.15) is 0 Å². The second-order valence-electron chi connectivity index (χ2n) is 6.22. The third kappa shape index (κ3) is 5.52. The van der Waals surface area contributed by atoms with Gasteiger partial charge in [0, 0.05) is 26.1 Å². The number of hydrogen-bond acceptors (Lipinski definition) is 3. The Labute approximate surface area is 144 Å². The minimum atomic E-state index is -0.472. The Kier molecular flexibility index (Phi) is 7.52. The summed E-state index contributed by atoms with van der Waals surface area (Å²) in [5.74, 6) is 0.237. The summed E-state index contributed by atoms with van der Waals surface area (Å²) in [6.45, 7) is 5.85. The van der Waals surface area contributed by atoms with E-state index in [2.05, 4.69) is 5.32 Å². The number of carbonyl (C=O) groups is 2. The molecule has 1 aliphatic rings. The van der Waals surface area contributed by atoms with E-state index in [9.17, 15) is 9.59 Å². The highest BCUT2D eigenvalue weighted by Crippen LogP contribution is 2.14. The third-order valence-electron chi connectivity index (χ3n) is 4.06. The van der Waals surface area contributed by atoms with Gasteiger partial charge in [0.05, 0.1) is 6.04 Å². The Morgan fingerprint density at radius 3 is 2.39 bits per heavy atom. The van der Waals surface area contributed by atoms with Crippen molar-refractivity contribution < 1.29 is 9.59 Å². The van der Waals surface area contributed by atoms with Crippen LogP contribution in [0, 0.1) is 5.92 Å². The summed E-state index contributed by atoms with van der Waals surface area (Å²) in [7, 11) is 0. The molecule has 1 heterocycles. The summed E-state index contributed by atoms with van der Waals surface area (Å²) < 4.78 is 0. The van der Waals surface area contributed by atoms with Gasteiger partial charge in [0.2, 0.25) is 11.8 Å². The van der Waals surface area contributed by atoms with Crippen LogP contribution in [0.3, 0.4) is 0 Å². The largest absolute Gasteiger partial charge is 0.351 e. The normalized spacial score (nSPS) is 15.5. The molecule has 5 nitrogen and oxygen atoms in total. The molecule has 1 aliphatic heterocycles. The van der Waals surface area contributed by atoms with Gasteiger partial charge in [0.15, 0.2) is 0 Å². The van der Waals surface area contributed by atoms with E-state index in [4.69, 9.17) is 5.73 Å². The predicted octanol–water partition coefficient (Wildman–Crippen LogP) is 1.83. The number of amides is 2. The van der Waals surface area contributed by atoms with E-state index in [1.807, 2.05) is 43.0 Å². The van der Waals surface area contributed by atoms with Crippen molar-refractivity contribution in [2.75, 3.05) is 6.54 Å². The van der Waals surface area contributed by atoms with E-state index in [0.717, 1.165) is 24.1 Å². The van der Waals surface area contributed by atoms with Crippen LogP contribution in [0.15, 0.2) is 24.3 Å². The van der Waals surface area contributed by atoms with E-state index in [0.29, 0.717) is 19.5 Å². The first-order valence-corrected chi connectivity index (χ1v) is 7.86. The molecule has 128 valence electrons. The molecule has 0 spiro atoms. The molecule has 1 atom stereocenters. The standard InChI is InChI=1S/C17H25N3O2.ClH/c1-12(2)16(18)17(22)19-10-13-5-7-14(8-6-13)11-20-9-3-4-15(20)21;/h5-8,12,16H,3-4,9-11,18H2,1-2H3,(H,19,22);1H/t16-;/m0./s1. The van der Waals surface area contributed by atoms with Crippen LogP contribution in [0.1, 0.15) is 37.8 Å². The summed E-state index contributed by atoms with van der Waals surface area (Å²) in [6, 6.07) is 7.51. The molecule has 3 N–H and O–H groups in total. The quantitative estimate of drug-likeness (QED) is 0.830. The number of likely N-dealkylation sites (tertiary alicyclic amines) is 1. The molecule has 23 heavy (non-hydrogen) atoms. The van der Waals surface area contributed by atoms with Crippen molar-refractivity contribution in [1.29, 1.82) is 0 Å². The molecule has 0 aliphatic carbocycles. The van der Waals surface area contributed by atoms with Crippen LogP contribution in [-0.4, -0.2) is 29.3 Å². The zero-order chi connectivity index (χ0) is 16.1. The van der Waals surface area contributed by atoms with Gasteiger partial charge in [-0.25, -0.2) is 0 Å². The lowest BCUT2D eigenvalue weighted by atomic mass is 10.0. The van der Waals surface area contributed by atoms with E-state index in [1.165, 1.54) is 0 Å². The fourth-order valence-corrected chi connectivity index (χ4v) is 2.46. The van der Waals surface area contributed by atoms with Crippen LogP contribution in [0.4, 0.5) is 0 Å². The Morgan fingerprint density at radius 2 is 1.87 bits per heavy atom. The van der Waals surface area contributed by atoms with Crippen molar-refractivity contribution in [1.82, 2.24) is 10.2 Å². The van der Waals surface area contributed by atoms with Crippen LogP contribution < -0.4 is 11.1 Å². The Bertz CT molecular complexity index is 531. The first-order chi connectivity index (χ1) is 10.5. The van der Waals surface area contributed by atoms with Gasteiger partial charge < -0.3 is 16.0 Å². The molecule has 2 rings (SSSR count). The molecular weight excluding hydrogens is 314 g/mol. The molecule has 1 aromatic carbocycles. The fourth-order valence-electron chi connectivity index (χ4n) is 2.46. The Hall–Kier alpha value is -1.59. The van der Waals surface area contributed by atoms with Gasteiger partial charge in [-0.05, 0) is 23.5 Å². The van der Waals surface area contributed by atoms with Crippen LogP contribution >= 0.6 is 12.4 Å². The van der Waals surface area contributed by atoms with Crippen molar-refractivity contribution in [2.24, 2.45) is 11.7 Å². The zero-order valence-electron chi connectivity index (χ0n) is 13.7. The molecule has 6 heteroatoms. The Balaban J connectivity index is 0.00000264. The van der Waals surface area contributed by atoms with Crippen molar-refractivity contribution in [3.8, 4) is 0 Å². The van der Waals surface area contributed by atoms with Crippen molar-refractivity contribution in [3.63, 3.8) is 0 Å². The maximum Gasteiger partial charge on any atom is 0.237 e. The molecule has 0 bridgehead atoms. The minimum Gasteiger partial charge on any atom is -0.351 e. The summed E-state index contributed by atoms with van der Waals surface area (Å²) in [4.78, 5) is 25.3. The van der Waals surface area contributed by atoms with Crippen LogP contribution in [-0.2, 0) is 22.7 Å². The highest BCUT2D eigenvalue weighted by Gasteiger charge is 2.20. The minimum absolute atomic E-state index is 0. The molecule has 0 radical (unpaired) electrons. The highest BCUT2D eigenvalue weighted by molar-refractivity contribution is 5.85. The number of carbonyl (C=O) groups excluding carboxylic acids is 2. The molecule has 2 amide bonds. The van der Waals surface area contributed by atoms with Gasteiger partial charge >= 0.3 is 0 Å². The average Bonchev–Trinajstić information content (AvgIpc) is 2.90. The number of nitrogens with zero attached hydrogens (tertiary/aromatic N) is 1. The molecule has 1 fully saturated rings. The van der Waals surface area contributed by atoms with Crippen LogP contribution in [0.25, 0.3) is 0 Å². The topological polar surface area (TPSA) is 75.4 Å². The molecular formula is C17H26ClN3O2. The summed E-state index contributed by atoms with van der Waals surface area (Å²) >= 11 is 0. The van der Waals surface area contributed by atoms with E-state index in [1.54, 1.807) is 0 Å². The van der Waals surface area contributed by atoms with Gasteiger partial charge in [0.25, 0.3) is 0 Å². The maximum atomic E-state index is 11.8. The first kappa shape index (κ1) is 19.5. The lowest BCUT2D eigenvalue weighted by Gasteiger charge is -2.16.